The minimum absolute atomic E-state index is 0.139. The zero-order valence-electron chi connectivity index (χ0n) is 8.04. The van der Waals surface area contributed by atoms with Gasteiger partial charge in [0.25, 0.3) is 0 Å². The average molecular weight is 198 g/mol. The highest BCUT2D eigenvalue weighted by Crippen LogP contribution is 2.18. The molecule has 0 fully saturated rings. The van der Waals surface area contributed by atoms with E-state index in [1.54, 1.807) is 6.92 Å². The summed E-state index contributed by atoms with van der Waals surface area (Å²) in [4.78, 5) is 11.0. The molecule has 0 saturated heterocycles. The number of halogens is 1. The lowest BCUT2D eigenvalue weighted by atomic mass is 10.2. The highest BCUT2D eigenvalue weighted by atomic mass is 19.1. The third-order valence-corrected chi connectivity index (χ3v) is 1.65. The Bertz CT molecular complexity index is 336. The van der Waals surface area contributed by atoms with Crippen LogP contribution in [0.3, 0.4) is 0 Å². The predicted octanol–water partition coefficient (Wildman–Crippen LogP) is 2.01. The van der Waals surface area contributed by atoms with Crippen molar-refractivity contribution >= 4 is 5.97 Å². The molecule has 0 N–H and O–H groups in total. The average Bonchev–Trinajstić information content (AvgIpc) is 2.20. The van der Waals surface area contributed by atoms with E-state index in [9.17, 15) is 9.18 Å². The van der Waals surface area contributed by atoms with E-state index in [1.807, 2.05) is 0 Å². The molecule has 0 aliphatic carbocycles. The van der Waals surface area contributed by atoms with Crippen LogP contribution < -0.4 is 4.74 Å². The van der Waals surface area contributed by atoms with Gasteiger partial charge in [0.2, 0.25) is 0 Å². The van der Waals surface area contributed by atoms with E-state index in [-0.39, 0.29) is 11.3 Å². The normalized spacial score (nSPS) is 9.64. The first kappa shape index (κ1) is 10.5. The molecule has 0 spiro atoms. The monoisotopic (exact) mass is 198 g/mol. The van der Waals surface area contributed by atoms with E-state index in [1.165, 1.54) is 19.2 Å². The Balaban J connectivity index is 2.94. The van der Waals surface area contributed by atoms with Crippen molar-refractivity contribution < 1.29 is 18.7 Å². The van der Waals surface area contributed by atoms with E-state index in [4.69, 9.17) is 4.74 Å². The van der Waals surface area contributed by atoms with Crippen LogP contribution in [-0.2, 0) is 4.74 Å². The van der Waals surface area contributed by atoms with Gasteiger partial charge in [-0.15, -0.1) is 0 Å². The molecular formula is C10H11FO3. The second-order valence-corrected chi connectivity index (χ2v) is 2.57. The van der Waals surface area contributed by atoms with E-state index in [0.717, 1.165) is 6.07 Å². The summed E-state index contributed by atoms with van der Waals surface area (Å²) in [5.74, 6) is -0.984. The van der Waals surface area contributed by atoms with Crippen molar-refractivity contribution in [2.45, 2.75) is 6.92 Å². The molecule has 1 aromatic rings. The van der Waals surface area contributed by atoms with Crippen LogP contribution in [0.2, 0.25) is 0 Å². The van der Waals surface area contributed by atoms with Crippen LogP contribution in [-0.4, -0.2) is 19.7 Å². The summed E-state index contributed by atoms with van der Waals surface area (Å²) in [6.45, 7) is 2.14. The number of carbonyl (C=O) groups is 1. The maximum atomic E-state index is 13.2. The minimum atomic E-state index is -0.563. The van der Waals surface area contributed by atoms with E-state index < -0.39 is 11.8 Å². The summed E-state index contributed by atoms with van der Waals surface area (Å²) < 4.78 is 22.6. The summed E-state index contributed by atoms with van der Waals surface area (Å²) in [6, 6.07) is 3.96. The SMILES string of the molecule is CCOc1ccc(C(=O)OC)cc1F. The van der Waals surface area contributed by atoms with Crippen molar-refractivity contribution in [3.8, 4) is 5.75 Å². The third-order valence-electron chi connectivity index (χ3n) is 1.65. The molecule has 0 radical (unpaired) electrons. The van der Waals surface area contributed by atoms with E-state index in [2.05, 4.69) is 4.74 Å². The van der Waals surface area contributed by atoms with Gasteiger partial charge in [-0.25, -0.2) is 9.18 Å². The quantitative estimate of drug-likeness (QED) is 0.697. The second kappa shape index (κ2) is 4.60. The zero-order chi connectivity index (χ0) is 10.6. The molecule has 0 amide bonds. The van der Waals surface area contributed by atoms with Gasteiger partial charge < -0.3 is 9.47 Å². The van der Waals surface area contributed by atoms with Gasteiger partial charge in [0.1, 0.15) is 0 Å². The molecule has 1 aromatic carbocycles. The molecule has 0 unspecified atom stereocenters. The number of benzene rings is 1. The third kappa shape index (κ3) is 2.22. The van der Waals surface area contributed by atoms with Crippen molar-refractivity contribution in [3.05, 3.63) is 29.6 Å². The fourth-order valence-corrected chi connectivity index (χ4v) is 1.02. The van der Waals surface area contributed by atoms with Crippen LogP contribution in [0.5, 0.6) is 5.75 Å². The Morgan fingerprint density at radius 3 is 2.71 bits per heavy atom. The minimum Gasteiger partial charge on any atom is -0.491 e. The van der Waals surface area contributed by atoms with Gasteiger partial charge in [0.15, 0.2) is 11.6 Å². The molecule has 0 bridgehead atoms. The fraction of sp³-hybridized carbons (Fsp3) is 0.300. The predicted molar refractivity (Wildman–Crippen MR) is 48.9 cm³/mol. The Labute approximate surface area is 81.4 Å². The number of hydrogen-bond donors (Lipinski definition) is 0. The fourth-order valence-electron chi connectivity index (χ4n) is 1.02. The van der Waals surface area contributed by atoms with Gasteiger partial charge in [0.05, 0.1) is 19.3 Å². The molecule has 14 heavy (non-hydrogen) atoms. The van der Waals surface area contributed by atoms with Gasteiger partial charge >= 0.3 is 5.97 Å². The number of rotatable bonds is 3. The van der Waals surface area contributed by atoms with Gasteiger partial charge in [-0.2, -0.15) is 0 Å². The molecule has 0 aliphatic rings. The molecule has 0 atom stereocenters. The van der Waals surface area contributed by atoms with Crippen LogP contribution >= 0.6 is 0 Å². The first-order valence-corrected chi connectivity index (χ1v) is 4.19. The van der Waals surface area contributed by atoms with Crippen LogP contribution in [0.4, 0.5) is 4.39 Å². The summed E-state index contributed by atoms with van der Waals surface area (Å²) in [5, 5.41) is 0. The van der Waals surface area contributed by atoms with Crippen molar-refractivity contribution in [2.75, 3.05) is 13.7 Å². The number of ether oxygens (including phenoxy) is 2. The lowest BCUT2D eigenvalue weighted by molar-refractivity contribution is 0.0600. The molecular weight excluding hydrogens is 187 g/mol. The van der Waals surface area contributed by atoms with Crippen LogP contribution in [0.1, 0.15) is 17.3 Å². The highest BCUT2D eigenvalue weighted by molar-refractivity contribution is 5.89. The molecule has 76 valence electrons. The maximum Gasteiger partial charge on any atom is 0.337 e. The lowest BCUT2D eigenvalue weighted by Gasteiger charge is -2.05. The Morgan fingerprint density at radius 1 is 1.50 bits per heavy atom. The van der Waals surface area contributed by atoms with Crippen molar-refractivity contribution in [1.29, 1.82) is 0 Å². The lowest BCUT2D eigenvalue weighted by Crippen LogP contribution is -2.02. The van der Waals surface area contributed by atoms with Gasteiger partial charge in [0, 0.05) is 0 Å². The van der Waals surface area contributed by atoms with Crippen LogP contribution in [0.25, 0.3) is 0 Å². The first-order chi connectivity index (χ1) is 6.69. The molecule has 0 heterocycles. The number of esters is 1. The second-order valence-electron chi connectivity index (χ2n) is 2.57. The van der Waals surface area contributed by atoms with E-state index >= 15 is 0 Å². The van der Waals surface area contributed by atoms with Crippen LogP contribution in [0.15, 0.2) is 18.2 Å². The number of carbonyl (C=O) groups excluding carboxylic acids is 1. The molecule has 1 rings (SSSR count). The Hall–Kier alpha value is -1.58. The van der Waals surface area contributed by atoms with Crippen molar-refractivity contribution in [2.24, 2.45) is 0 Å². The van der Waals surface area contributed by atoms with Crippen molar-refractivity contribution in [1.82, 2.24) is 0 Å². The summed E-state index contributed by atoms with van der Waals surface area (Å²) >= 11 is 0. The molecule has 3 nitrogen and oxygen atoms in total. The molecule has 4 heteroatoms. The summed E-state index contributed by atoms with van der Waals surface area (Å²) in [5.41, 5.74) is 0.174. The highest BCUT2D eigenvalue weighted by Gasteiger charge is 2.09. The number of methoxy groups -OCH3 is 1. The van der Waals surface area contributed by atoms with Gasteiger partial charge in [-0.3, -0.25) is 0 Å². The number of hydrogen-bond acceptors (Lipinski definition) is 3. The summed E-state index contributed by atoms with van der Waals surface area (Å²) in [7, 11) is 1.25. The summed E-state index contributed by atoms with van der Waals surface area (Å²) in [6.07, 6.45) is 0. The maximum absolute atomic E-state index is 13.2. The topological polar surface area (TPSA) is 35.5 Å². The zero-order valence-corrected chi connectivity index (χ0v) is 8.04. The van der Waals surface area contributed by atoms with Gasteiger partial charge in [-0.1, -0.05) is 0 Å². The molecule has 0 aliphatic heterocycles. The van der Waals surface area contributed by atoms with Crippen LogP contribution in [0, 0.1) is 5.82 Å². The Morgan fingerprint density at radius 2 is 2.21 bits per heavy atom. The first-order valence-electron chi connectivity index (χ1n) is 4.19. The van der Waals surface area contributed by atoms with Crippen molar-refractivity contribution in [3.63, 3.8) is 0 Å². The smallest absolute Gasteiger partial charge is 0.337 e. The van der Waals surface area contributed by atoms with E-state index in [0.29, 0.717) is 6.61 Å². The van der Waals surface area contributed by atoms with Gasteiger partial charge in [-0.05, 0) is 25.1 Å². The molecule has 0 saturated carbocycles. The Kier molecular flexibility index (Phi) is 3.45. The largest absolute Gasteiger partial charge is 0.491 e. The standard InChI is InChI=1S/C10H11FO3/c1-3-14-9-5-4-7(6-8(9)11)10(12)13-2/h4-6H,3H2,1-2H3. The molecule has 0 aromatic heterocycles.